The van der Waals surface area contributed by atoms with Crippen LogP contribution in [0.15, 0.2) is 24.3 Å². The van der Waals surface area contributed by atoms with Gasteiger partial charge in [-0.2, -0.15) is 0 Å². The number of halogens is 1. The summed E-state index contributed by atoms with van der Waals surface area (Å²) in [7, 11) is 3.26. The van der Waals surface area contributed by atoms with Crippen LogP contribution >= 0.6 is 12.4 Å². The van der Waals surface area contributed by atoms with Crippen molar-refractivity contribution in [3.63, 3.8) is 0 Å². The zero-order valence-electron chi connectivity index (χ0n) is 14.2. The molecule has 2 amide bonds. The summed E-state index contributed by atoms with van der Waals surface area (Å²) < 4.78 is 5.36. The number of nitrogens with one attached hydrogen (secondary N) is 3. The molecule has 134 valence electrons. The van der Waals surface area contributed by atoms with Gasteiger partial charge in [0.05, 0.1) is 6.61 Å². The molecule has 1 heterocycles. The molecule has 1 aromatic carbocycles. The molecule has 0 saturated carbocycles. The smallest absolute Gasteiger partial charge is 0.251 e. The first kappa shape index (κ1) is 20.4. The van der Waals surface area contributed by atoms with E-state index in [2.05, 4.69) is 16.0 Å². The minimum absolute atomic E-state index is 0. The molecule has 0 aliphatic carbocycles. The number of amides is 2. The average molecular weight is 356 g/mol. The van der Waals surface area contributed by atoms with Crippen LogP contribution in [0.5, 0.6) is 0 Å². The summed E-state index contributed by atoms with van der Waals surface area (Å²) in [6.45, 7) is 3.08. The van der Waals surface area contributed by atoms with Crippen molar-refractivity contribution in [2.75, 3.05) is 40.4 Å². The molecule has 1 aliphatic heterocycles. The van der Waals surface area contributed by atoms with E-state index in [0.717, 1.165) is 25.9 Å². The van der Waals surface area contributed by atoms with Gasteiger partial charge in [-0.05, 0) is 44.1 Å². The van der Waals surface area contributed by atoms with Crippen molar-refractivity contribution in [1.29, 1.82) is 0 Å². The topological polar surface area (TPSA) is 79.5 Å². The predicted octanol–water partition coefficient (Wildman–Crippen LogP) is 1.21. The Bertz CT molecular complexity index is 554. The molecule has 0 bridgehead atoms. The second-order valence-electron chi connectivity index (χ2n) is 6.03. The van der Waals surface area contributed by atoms with Gasteiger partial charge < -0.3 is 20.7 Å². The van der Waals surface area contributed by atoms with Gasteiger partial charge >= 0.3 is 0 Å². The van der Waals surface area contributed by atoms with E-state index in [1.54, 1.807) is 38.4 Å². The van der Waals surface area contributed by atoms with Gasteiger partial charge in [0, 0.05) is 37.2 Å². The van der Waals surface area contributed by atoms with Crippen LogP contribution in [0.25, 0.3) is 0 Å². The summed E-state index contributed by atoms with van der Waals surface area (Å²) in [4.78, 5) is 24.1. The molecule has 1 aromatic rings. The molecule has 1 fully saturated rings. The van der Waals surface area contributed by atoms with Gasteiger partial charge in [0.2, 0.25) is 0 Å². The highest BCUT2D eigenvalue weighted by atomic mass is 35.5. The lowest BCUT2D eigenvalue weighted by atomic mass is 9.79. The molecule has 0 spiro atoms. The Kier molecular flexibility index (Phi) is 8.18. The Morgan fingerprint density at radius 1 is 1.21 bits per heavy atom. The van der Waals surface area contributed by atoms with Gasteiger partial charge in [-0.3, -0.25) is 9.59 Å². The van der Waals surface area contributed by atoms with Crippen molar-refractivity contribution in [2.45, 2.75) is 12.8 Å². The number of methoxy groups -OCH3 is 1. The second kappa shape index (κ2) is 9.61. The van der Waals surface area contributed by atoms with Gasteiger partial charge in [-0.15, -0.1) is 12.4 Å². The molecule has 2 rings (SSSR count). The summed E-state index contributed by atoms with van der Waals surface area (Å²) >= 11 is 0. The van der Waals surface area contributed by atoms with E-state index in [0.29, 0.717) is 24.3 Å². The van der Waals surface area contributed by atoms with E-state index in [1.165, 1.54) is 0 Å². The molecule has 6 nitrogen and oxygen atoms in total. The molecule has 0 radical (unpaired) electrons. The maximum atomic E-state index is 12.4. The monoisotopic (exact) mass is 355 g/mol. The first-order valence-corrected chi connectivity index (χ1v) is 7.90. The van der Waals surface area contributed by atoms with Gasteiger partial charge in [0.25, 0.3) is 11.8 Å². The largest absolute Gasteiger partial charge is 0.384 e. The fourth-order valence-corrected chi connectivity index (χ4v) is 2.95. The summed E-state index contributed by atoms with van der Waals surface area (Å²) in [6.07, 6.45) is 1.94. The molecule has 0 unspecified atom stereocenters. The van der Waals surface area contributed by atoms with Gasteiger partial charge in [-0.25, -0.2) is 0 Å². The fraction of sp³-hybridized carbons (Fsp3) is 0.529. The van der Waals surface area contributed by atoms with E-state index in [-0.39, 0.29) is 29.6 Å². The third-order valence-corrected chi connectivity index (χ3v) is 4.35. The second-order valence-corrected chi connectivity index (χ2v) is 6.03. The maximum absolute atomic E-state index is 12.4. The van der Waals surface area contributed by atoms with Crippen LogP contribution in [0.4, 0.5) is 0 Å². The highest BCUT2D eigenvalue weighted by Gasteiger charge is 2.32. The average Bonchev–Trinajstić information content (AvgIpc) is 2.60. The molecule has 3 N–H and O–H groups in total. The Hall–Kier alpha value is -1.63. The van der Waals surface area contributed by atoms with Crippen molar-refractivity contribution in [1.82, 2.24) is 16.0 Å². The Morgan fingerprint density at radius 2 is 1.83 bits per heavy atom. The number of ether oxygens (including phenoxy) is 1. The van der Waals surface area contributed by atoms with E-state index in [1.807, 2.05) is 0 Å². The molecular weight excluding hydrogens is 330 g/mol. The minimum atomic E-state index is -0.200. The normalized spacial score (nSPS) is 15.9. The summed E-state index contributed by atoms with van der Waals surface area (Å²) in [6, 6.07) is 6.73. The molecular formula is C17H26ClN3O3. The van der Waals surface area contributed by atoms with Crippen LogP contribution in [0.2, 0.25) is 0 Å². The number of piperidine rings is 1. The quantitative estimate of drug-likeness (QED) is 0.716. The molecule has 1 aliphatic rings. The number of hydrogen-bond donors (Lipinski definition) is 3. The van der Waals surface area contributed by atoms with Crippen LogP contribution in [-0.4, -0.2) is 52.2 Å². The van der Waals surface area contributed by atoms with Gasteiger partial charge in [0.15, 0.2) is 0 Å². The van der Waals surface area contributed by atoms with E-state index in [9.17, 15) is 9.59 Å². The van der Waals surface area contributed by atoms with E-state index >= 15 is 0 Å². The first-order valence-electron chi connectivity index (χ1n) is 7.90. The number of benzene rings is 1. The molecule has 0 atom stereocenters. The molecule has 7 heteroatoms. The van der Waals surface area contributed by atoms with E-state index < -0.39 is 0 Å². The SMILES string of the molecule is CNC(=O)c1cccc(C(=O)NCC2(COC)CCNCC2)c1.Cl. The van der Waals surface area contributed by atoms with Crippen LogP contribution < -0.4 is 16.0 Å². The Balaban J connectivity index is 0.00000288. The van der Waals surface area contributed by atoms with Crippen LogP contribution in [-0.2, 0) is 4.74 Å². The number of carbonyl (C=O) groups is 2. The predicted molar refractivity (Wildman–Crippen MR) is 95.8 cm³/mol. The molecule has 1 saturated heterocycles. The fourth-order valence-electron chi connectivity index (χ4n) is 2.95. The standard InChI is InChI=1S/C17H25N3O3.ClH/c1-18-15(21)13-4-3-5-14(10-13)16(22)20-11-17(12-23-2)6-8-19-9-7-17;/h3-5,10,19H,6-9,11-12H2,1-2H3,(H,18,21)(H,20,22);1H. The van der Waals surface area contributed by atoms with Crippen LogP contribution in [0.1, 0.15) is 33.6 Å². The molecule has 0 aromatic heterocycles. The van der Waals surface area contributed by atoms with Crippen molar-refractivity contribution in [3.8, 4) is 0 Å². The summed E-state index contributed by atoms with van der Waals surface area (Å²) in [5, 5.41) is 8.89. The number of hydrogen-bond acceptors (Lipinski definition) is 4. The highest BCUT2D eigenvalue weighted by molar-refractivity contribution is 5.99. The first-order chi connectivity index (χ1) is 11.1. The lowest BCUT2D eigenvalue weighted by Gasteiger charge is -2.37. The van der Waals surface area contributed by atoms with Crippen molar-refractivity contribution in [2.24, 2.45) is 5.41 Å². The highest BCUT2D eigenvalue weighted by Crippen LogP contribution is 2.28. The number of carbonyl (C=O) groups excluding carboxylic acids is 2. The zero-order chi connectivity index (χ0) is 16.7. The minimum Gasteiger partial charge on any atom is -0.384 e. The van der Waals surface area contributed by atoms with Crippen LogP contribution in [0, 0.1) is 5.41 Å². The van der Waals surface area contributed by atoms with Crippen molar-refractivity contribution < 1.29 is 14.3 Å². The van der Waals surface area contributed by atoms with Gasteiger partial charge in [0.1, 0.15) is 0 Å². The lowest BCUT2D eigenvalue weighted by molar-refractivity contribution is 0.0512. The Labute approximate surface area is 149 Å². The van der Waals surface area contributed by atoms with Crippen LogP contribution in [0.3, 0.4) is 0 Å². The molecule has 24 heavy (non-hydrogen) atoms. The maximum Gasteiger partial charge on any atom is 0.251 e. The Morgan fingerprint density at radius 3 is 2.42 bits per heavy atom. The van der Waals surface area contributed by atoms with E-state index in [4.69, 9.17) is 4.74 Å². The third kappa shape index (κ3) is 5.19. The lowest BCUT2D eigenvalue weighted by Crippen LogP contribution is -2.47. The third-order valence-electron chi connectivity index (χ3n) is 4.35. The zero-order valence-corrected chi connectivity index (χ0v) is 15.0. The van der Waals surface area contributed by atoms with Crippen molar-refractivity contribution in [3.05, 3.63) is 35.4 Å². The summed E-state index contributed by atoms with van der Waals surface area (Å²) in [5.74, 6) is -0.362. The number of rotatable bonds is 6. The van der Waals surface area contributed by atoms with Gasteiger partial charge in [-0.1, -0.05) is 6.07 Å². The summed E-state index contributed by atoms with van der Waals surface area (Å²) in [5.41, 5.74) is 0.954. The van der Waals surface area contributed by atoms with Crippen molar-refractivity contribution >= 4 is 24.2 Å².